The van der Waals surface area contributed by atoms with Crippen molar-refractivity contribution < 1.29 is 0 Å². The average molecular weight is 777 g/mol. The molecule has 0 unspecified atom stereocenters. The Morgan fingerprint density at radius 3 is 1.62 bits per heavy atom. The number of aromatic nitrogens is 2. The third kappa shape index (κ3) is 5.72. The second-order valence-electron chi connectivity index (χ2n) is 16.1. The van der Waals surface area contributed by atoms with E-state index >= 15 is 0 Å². The van der Waals surface area contributed by atoms with Crippen molar-refractivity contribution in [3.8, 4) is 27.9 Å². The summed E-state index contributed by atoms with van der Waals surface area (Å²) in [5.74, 6) is 0. The third-order valence-electron chi connectivity index (χ3n) is 12.7. The molecule has 0 atom stereocenters. The van der Waals surface area contributed by atoms with Crippen LogP contribution in [0.2, 0.25) is 0 Å². The Bertz CT molecular complexity index is 3730. The van der Waals surface area contributed by atoms with Gasteiger partial charge < -0.3 is 9.13 Å². The van der Waals surface area contributed by atoms with E-state index in [1.165, 1.54) is 98.2 Å². The number of rotatable bonds is 4. The van der Waals surface area contributed by atoms with Gasteiger partial charge in [-0.25, -0.2) is 0 Å². The van der Waals surface area contributed by atoms with Gasteiger partial charge in [-0.15, -0.1) is 0 Å². The predicted molar refractivity (Wildman–Crippen MR) is 263 cm³/mol. The second kappa shape index (κ2) is 14.1. The van der Waals surface area contributed by atoms with Crippen LogP contribution in [0, 0.1) is 0 Å². The van der Waals surface area contributed by atoms with E-state index in [2.05, 4.69) is 234 Å². The molecule has 1 aliphatic rings. The van der Waals surface area contributed by atoms with E-state index in [1.807, 2.05) is 0 Å². The second-order valence-corrected chi connectivity index (χ2v) is 16.1. The van der Waals surface area contributed by atoms with Crippen molar-refractivity contribution in [2.24, 2.45) is 0 Å². The zero-order valence-corrected chi connectivity index (χ0v) is 33.6. The van der Waals surface area contributed by atoms with Gasteiger partial charge in [-0.2, -0.15) is 0 Å². The van der Waals surface area contributed by atoms with Crippen LogP contribution in [0.25, 0.3) is 110 Å². The lowest BCUT2D eigenvalue weighted by Gasteiger charge is -2.13. The fraction of sp³-hybridized carbons (Fsp3) is 0.0169. The monoisotopic (exact) mass is 776 g/mol. The molecule has 11 aromatic rings. The molecule has 2 aromatic heterocycles. The molecule has 1 aliphatic carbocycles. The highest BCUT2D eigenvalue weighted by molar-refractivity contribution is 6.18. The molecule has 0 aliphatic heterocycles. The molecule has 0 bridgehead atoms. The highest BCUT2D eigenvalue weighted by atomic mass is 15.0. The zero-order chi connectivity index (χ0) is 40.4. The van der Waals surface area contributed by atoms with Gasteiger partial charge >= 0.3 is 0 Å². The van der Waals surface area contributed by atoms with Crippen LogP contribution in [0.1, 0.15) is 6.42 Å². The predicted octanol–water partition coefficient (Wildman–Crippen LogP) is 16.2. The van der Waals surface area contributed by atoms with E-state index in [0.29, 0.717) is 0 Å². The smallest absolute Gasteiger partial charge is 0.0541 e. The first kappa shape index (κ1) is 35.0. The molecule has 0 saturated heterocycles. The Morgan fingerprint density at radius 2 is 0.885 bits per heavy atom. The van der Waals surface area contributed by atoms with E-state index in [4.69, 9.17) is 0 Å². The lowest BCUT2D eigenvalue weighted by atomic mass is 9.95. The van der Waals surface area contributed by atoms with Crippen LogP contribution in [0.3, 0.4) is 0 Å². The van der Waals surface area contributed by atoms with Gasteiger partial charge in [-0.1, -0.05) is 164 Å². The van der Waals surface area contributed by atoms with Crippen molar-refractivity contribution in [2.45, 2.75) is 6.42 Å². The number of para-hydroxylation sites is 2. The summed E-state index contributed by atoms with van der Waals surface area (Å²) in [6.45, 7) is 4.48. The van der Waals surface area contributed by atoms with Crippen LogP contribution in [0.15, 0.2) is 231 Å². The van der Waals surface area contributed by atoms with Gasteiger partial charge in [0.25, 0.3) is 0 Å². The summed E-state index contributed by atoms with van der Waals surface area (Å²) in [5, 5.41) is 12.6. The molecule has 0 fully saturated rings. The molecule has 12 rings (SSSR count). The molecule has 61 heavy (non-hydrogen) atoms. The van der Waals surface area contributed by atoms with Crippen LogP contribution in [-0.2, 0) is 0 Å². The van der Waals surface area contributed by atoms with Crippen LogP contribution in [0.5, 0.6) is 0 Å². The summed E-state index contributed by atoms with van der Waals surface area (Å²) in [5.41, 5.74) is 12.7. The molecule has 0 saturated carbocycles. The molecule has 9 aromatic carbocycles. The molecular weight excluding hydrogens is 737 g/mol. The summed E-state index contributed by atoms with van der Waals surface area (Å²) >= 11 is 0. The first-order valence-corrected chi connectivity index (χ1v) is 21.1. The molecule has 0 amide bonds. The minimum atomic E-state index is 0.898. The molecule has 0 N–H and O–H groups in total. The molecule has 0 radical (unpaired) electrons. The zero-order valence-electron chi connectivity index (χ0n) is 33.6. The van der Waals surface area contributed by atoms with Gasteiger partial charge in [0.05, 0.1) is 27.8 Å². The highest BCUT2D eigenvalue weighted by Crippen LogP contribution is 2.40. The van der Waals surface area contributed by atoms with Gasteiger partial charge in [0, 0.05) is 27.2 Å². The number of hydrogen-bond acceptors (Lipinski definition) is 0. The topological polar surface area (TPSA) is 9.86 Å². The lowest BCUT2D eigenvalue weighted by molar-refractivity contribution is 1.18. The van der Waals surface area contributed by atoms with Crippen molar-refractivity contribution in [1.82, 2.24) is 9.13 Å². The quantitative estimate of drug-likeness (QED) is 0.158. The number of allylic oxidation sites excluding steroid dienone is 9. The minimum Gasteiger partial charge on any atom is -0.309 e. The molecule has 2 nitrogen and oxygen atoms in total. The fourth-order valence-electron chi connectivity index (χ4n) is 9.71. The minimum absolute atomic E-state index is 0.898. The standard InChI is InChI=1S/C59H40N2/c1-39-14-6-4-2-3-5-7-19-55(39)61-57-21-13-11-18-52(57)54-38-44(28-35-59(54)61)43-27-34-58-53(37-43)51-17-10-12-20-56(51)60(58)46-29-22-40(23-30-46)42-25-31-48-45(36-42)26-33-49-47-16-9-8-15-41(47)24-32-50(48)49/h2,4-38H,1,3H2/b4-2-,7-5-,14-6-,55-19?. The average Bonchev–Trinajstić information content (AvgIpc) is 3.82. The number of hydrogen-bond donors (Lipinski definition) is 0. The van der Waals surface area contributed by atoms with Crippen LogP contribution in [-0.4, -0.2) is 9.13 Å². The Morgan fingerprint density at radius 1 is 0.361 bits per heavy atom. The summed E-state index contributed by atoms with van der Waals surface area (Å²) in [6, 6.07) is 65.0. The largest absolute Gasteiger partial charge is 0.309 e. The summed E-state index contributed by atoms with van der Waals surface area (Å²) < 4.78 is 4.77. The van der Waals surface area contributed by atoms with Crippen LogP contribution >= 0.6 is 0 Å². The van der Waals surface area contributed by atoms with Gasteiger partial charge in [0.1, 0.15) is 0 Å². The third-order valence-corrected chi connectivity index (χ3v) is 12.7. The first-order chi connectivity index (χ1) is 30.2. The Kier molecular flexibility index (Phi) is 8.11. The Balaban J connectivity index is 0.925. The molecular formula is C59H40N2. The first-order valence-electron chi connectivity index (χ1n) is 21.1. The van der Waals surface area contributed by atoms with E-state index in [9.17, 15) is 0 Å². The maximum absolute atomic E-state index is 4.48. The maximum atomic E-state index is 4.48. The number of nitrogens with zero attached hydrogens (tertiary/aromatic N) is 2. The van der Waals surface area contributed by atoms with E-state index in [0.717, 1.165) is 23.4 Å². The normalized spacial score (nSPS) is 15.0. The van der Waals surface area contributed by atoms with Gasteiger partial charge in [0.2, 0.25) is 0 Å². The summed E-state index contributed by atoms with van der Waals surface area (Å²) in [4.78, 5) is 0. The molecule has 2 heterocycles. The van der Waals surface area contributed by atoms with E-state index in [1.54, 1.807) is 0 Å². The Hall–Kier alpha value is -7.94. The van der Waals surface area contributed by atoms with Crippen molar-refractivity contribution in [1.29, 1.82) is 0 Å². The van der Waals surface area contributed by atoms with Gasteiger partial charge in [-0.3, -0.25) is 0 Å². The molecule has 286 valence electrons. The van der Waals surface area contributed by atoms with Gasteiger partial charge in [-0.05, 0) is 127 Å². The van der Waals surface area contributed by atoms with Gasteiger partial charge in [0.15, 0.2) is 0 Å². The summed E-state index contributed by atoms with van der Waals surface area (Å²) in [6.07, 6.45) is 15.8. The highest BCUT2D eigenvalue weighted by Gasteiger charge is 2.18. The van der Waals surface area contributed by atoms with Crippen molar-refractivity contribution in [2.75, 3.05) is 0 Å². The van der Waals surface area contributed by atoms with Crippen molar-refractivity contribution in [3.63, 3.8) is 0 Å². The van der Waals surface area contributed by atoms with E-state index < -0.39 is 0 Å². The summed E-state index contributed by atoms with van der Waals surface area (Å²) in [7, 11) is 0. The molecule has 2 heteroatoms. The number of fused-ring (bicyclic) bond motifs is 11. The van der Waals surface area contributed by atoms with Crippen molar-refractivity contribution >= 4 is 81.6 Å². The lowest BCUT2D eigenvalue weighted by Crippen LogP contribution is -1.98. The Labute approximate surface area is 354 Å². The maximum Gasteiger partial charge on any atom is 0.0541 e. The SMILES string of the molecule is C=C1/C=C\C=C/C/C=C\C=C1n1c2ccccc2c2cc(-c3ccc4c(c3)c3ccccc3n4-c3ccc(-c4ccc5c(ccc6c7ccccc7ccc56)c4)cc3)ccc21. The molecule has 0 spiro atoms. The van der Waals surface area contributed by atoms with Crippen LogP contribution < -0.4 is 0 Å². The van der Waals surface area contributed by atoms with Crippen LogP contribution in [0.4, 0.5) is 0 Å². The number of benzene rings is 9. The van der Waals surface area contributed by atoms with E-state index in [-0.39, 0.29) is 0 Å². The fourth-order valence-corrected chi connectivity index (χ4v) is 9.71. The van der Waals surface area contributed by atoms with Crippen molar-refractivity contribution in [3.05, 3.63) is 231 Å².